The van der Waals surface area contributed by atoms with Gasteiger partial charge < -0.3 is 11.1 Å². The second-order valence-electron chi connectivity index (χ2n) is 4.74. The third-order valence-corrected chi connectivity index (χ3v) is 3.30. The SMILES string of the molecule is CCCCCC(N)c1ccc2c(c1)CC(=O)N2. The summed E-state index contributed by atoms with van der Waals surface area (Å²) in [5.41, 5.74) is 9.33. The molecule has 1 heterocycles. The number of unbranched alkanes of at least 4 members (excludes halogenated alkanes) is 2. The van der Waals surface area contributed by atoms with Crippen molar-refractivity contribution >= 4 is 11.6 Å². The van der Waals surface area contributed by atoms with E-state index >= 15 is 0 Å². The van der Waals surface area contributed by atoms with E-state index in [1.807, 2.05) is 12.1 Å². The lowest BCUT2D eigenvalue weighted by atomic mass is 9.98. The second kappa shape index (κ2) is 5.32. The molecule has 92 valence electrons. The Balaban J connectivity index is 2.02. The molecule has 1 amide bonds. The van der Waals surface area contributed by atoms with E-state index < -0.39 is 0 Å². The highest BCUT2D eigenvalue weighted by Gasteiger charge is 2.18. The third-order valence-electron chi connectivity index (χ3n) is 3.30. The van der Waals surface area contributed by atoms with Crippen LogP contribution in [0, 0.1) is 0 Å². The van der Waals surface area contributed by atoms with Crippen LogP contribution in [0.15, 0.2) is 18.2 Å². The summed E-state index contributed by atoms with van der Waals surface area (Å²) in [4.78, 5) is 11.2. The van der Waals surface area contributed by atoms with Crippen LogP contribution in [0.3, 0.4) is 0 Å². The molecule has 0 bridgehead atoms. The van der Waals surface area contributed by atoms with Crippen LogP contribution in [0.25, 0.3) is 0 Å². The van der Waals surface area contributed by atoms with Crippen molar-refractivity contribution in [2.45, 2.75) is 45.1 Å². The van der Waals surface area contributed by atoms with Gasteiger partial charge in [-0.15, -0.1) is 0 Å². The highest BCUT2D eigenvalue weighted by molar-refractivity contribution is 5.99. The van der Waals surface area contributed by atoms with Crippen molar-refractivity contribution in [1.82, 2.24) is 0 Å². The Bertz CT molecular complexity index is 415. The van der Waals surface area contributed by atoms with E-state index in [0.717, 1.165) is 23.2 Å². The monoisotopic (exact) mass is 232 g/mol. The minimum Gasteiger partial charge on any atom is -0.326 e. The van der Waals surface area contributed by atoms with Crippen LogP contribution in [-0.2, 0) is 11.2 Å². The van der Waals surface area contributed by atoms with Gasteiger partial charge >= 0.3 is 0 Å². The quantitative estimate of drug-likeness (QED) is 0.767. The van der Waals surface area contributed by atoms with Crippen LogP contribution in [0.1, 0.15) is 49.8 Å². The zero-order valence-corrected chi connectivity index (χ0v) is 10.3. The molecule has 1 aliphatic rings. The molecule has 3 nitrogen and oxygen atoms in total. The van der Waals surface area contributed by atoms with Crippen LogP contribution in [0.5, 0.6) is 0 Å². The fourth-order valence-electron chi connectivity index (χ4n) is 2.26. The van der Waals surface area contributed by atoms with E-state index in [4.69, 9.17) is 5.73 Å². The molecule has 0 fully saturated rings. The first-order valence-corrected chi connectivity index (χ1v) is 6.39. The van der Waals surface area contributed by atoms with Gasteiger partial charge in [-0.1, -0.05) is 38.3 Å². The van der Waals surface area contributed by atoms with Crippen molar-refractivity contribution in [3.8, 4) is 0 Å². The molecular weight excluding hydrogens is 212 g/mol. The van der Waals surface area contributed by atoms with Crippen LogP contribution in [0.4, 0.5) is 5.69 Å². The van der Waals surface area contributed by atoms with Gasteiger partial charge in [0.25, 0.3) is 0 Å². The Morgan fingerprint density at radius 1 is 1.41 bits per heavy atom. The van der Waals surface area contributed by atoms with E-state index in [1.54, 1.807) is 0 Å². The number of fused-ring (bicyclic) bond motifs is 1. The molecule has 0 aliphatic carbocycles. The number of amides is 1. The number of benzene rings is 1. The maximum atomic E-state index is 11.2. The maximum absolute atomic E-state index is 11.2. The summed E-state index contributed by atoms with van der Waals surface area (Å²) < 4.78 is 0. The van der Waals surface area contributed by atoms with Gasteiger partial charge in [0.15, 0.2) is 0 Å². The number of rotatable bonds is 5. The summed E-state index contributed by atoms with van der Waals surface area (Å²) in [7, 11) is 0. The Kier molecular flexibility index (Phi) is 3.79. The van der Waals surface area contributed by atoms with Crippen molar-refractivity contribution in [3.63, 3.8) is 0 Å². The number of anilines is 1. The first-order chi connectivity index (χ1) is 8.20. The molecule has 0 radical (unpaired) electrons. The van der Waals surface area contributed by atoms with Gasteiger partial charge in [0.1, 0.15) is 0 Å². The summed E-state index contributed by atoms with van der Waals surface area (Å²) in [5.74, 6) is 0.0803. The Hall–Kier alpha value is -1.35. The van der Waals surface area contributed by atoms with E-state index in [0.29, 0.717) is 6.42 Å². The van der Waals surface area contributed by atoms with E-state index in [9.17, 15) is 4.79 Å². The normalized spacial score (nSPS) is 15.5. The Morgan fingerprint density at radius 2 is 2.24 bits per heavy atom. The molecule has 1 aromatic carbocycles. The summed E-state index contributed by atoms with van der Waals surface area (Å²) in [6.07, 6.45) is 5.14. The van der Waals surface area contributed by atoms with Crippen LogP contribution < -0.4 is 11.1 Å². The standard InChI is InChI=1S/C14H20N2O/c1-2-3-4-5-12(15)10-6-7-13-11(8-10)9-14(17)16-13/h6-8,12H,2-5,9,15H2,1H3,(H,16,17). The van der Waals surface area contributed by atoms with E-state index in [2.05, 4.69) is 18.3 Å². The molecule has 2 rings (SSSR count). The number of hydrogen-bond acceptors (Lipinski definition) is 2. The van der Waals surface area contributed by atoms with Gasteiger partial charge in [-0.2, -0.15) is 0 Å². The number of nitrogens with one attached hydrogen (secondary N) is 1. The minimum atomic E-state index is 0.0803. The van der Waals surface area contributed by atoms with Crippen LogP contribution in [0.2, 0.25) is 0 Å². The van der Waals surface area contributed by atoms with Crippen LogP contribution in [-0.4, -0.2) is 5.91 Å². The lowest BCUT2D eigenvalue weighted by Gasteiger charge is -2.12. The molecule has 0 spiro atoms. The van der Waals surface area contributed by atoms with Crippen LogP contribution >= 0.6 is 0 Å². The smallest absolute Gasteiger partial charge is 0.228 e. The van der Waals surface area contributed by atoms with Crippen molar-refractivity contribution in [2.75, 3.05) is 5.32 Å². The molecule has 17 heavy (non-hydrogen) atoms. The number of carbonyl (C=O) groups excluding carboxylic acids is 1. The predicted molar refractivity (Wildman–Crippen MR) is 69.8 cm³/mol. The summed E-state index contributed by atoms with van der Waals surface area (Å²) >= 11 is 0. The van der Waals surface area contributed by atoms with Crippen molar-refractivity contribution in [3.05, 3.63) is 29.3 Å². The molecule has 1 unspecified atom stereocenters. The average Bonchev–Trinajstić information content (AvgIpc) is 2.68. The maximum Gasteiger partial charge on any atom is 0.228 e. The summed E-state index contributed by atoms with van der Waals surface area (Å²) in [5, 5.41) is 2.84. The first-order valence-electron chi connectivity index (χ1n) is 6.39. The zero-order chi connectivity index (χ0) is 12.3. The molecule has 0 saturated carbocycles. The lowest BCUT2D eigenvalue weighted by Crippen LogP contribution is -2.10. The molecule has 1 aromatic rings. The van der Waals surface area contributed by atoms with Crippen molar-refractivity contribution in [1.29, 1.82) is 0 Å². The summed E-state index contributed by atoms with van der Waals surface area (Å²) in [6, 6.07) is 6.17. The largest absolute Gasteiger partial charge is 0.326 e. The number of nitrogens with two attached hydrogens (primary N) is 1. The molecule has 3 N–H and O–H groups in total. The van der Waals surface area contributed by atoms with Gasteiger partial charge in [-0.3, -0.25) is 4.79 Å². The molecule has 0 saturated heterocycles. The van der Waals surface area contributed by atoms with Gasteiger partial charge in [0.05, 0.1) is 6.42 Å². The third kappa shape index (κ3) is 2.86. The number of carbonyl (C=O) groups is 1. The fraction of sp³-hybridized carbons (Fsp3) is 0.500. The first kappa shape index (κ1) is 12.1. The van der Waals surface area contributed by atoms with E-state index in [1.165, 1.54) is 19.3 Å². The van der Waals surface area contributed by atoms with Crippen molar-refractivity contribution < 1.29 is 4.79 Å². The molecule has 3 heteroatoms. The minimum absolute atomic E-state index is 0.0803. The topological polar surface area (TPSA) is 55.1 Å². The molecule has 1 aliphatic heterocycles. The van der Waals surface area contributed by atoms with Crippen molar-refractivity contribution in [2.24, 2.45) is 5.73 Å². The van der Waals surface area contributed by atoms with Gasteiger partial charge in [0.2, 0.25) is 5.91 Å². The summed E-state index contributed by atoms with van der Waals surface area (Å²) in [6.45, 7) is 2.19. The molecule has 1 atom stereocenters. The highest BCUT2D eigenvalue weighted by atomic mass is 16.1. The Morgan fingerprint density at radius 3 is 3.00 bits per heavy atom. The number of hydrogen-bond donors (Lipinski definition) is 2. The fourth-order valence-corrected chi connectivity index (χ4v) is 2.26. The van der Waals surface area contributed by atoms with Gasteiger partial charge in [-0.25, -0.2) is 0 Å². The average molecular weight is 232 g/mol. The second-order valence-corrected chi connectivity index (χ2v) is 4.74. The van der Waals surface area contributed by atoms with E-state index in [-0.39, 0.29) is 11.9 Å². The molecular formula is C14H20N2O. The van der Waals surface area contributed by atoms with Gasteiger partial charge in [0, 0.05) is 11.7 Å². The van der Waals surface area contributed by atoms with Gasteiger partial charge in [-0.05, 0) is 23.6 Å². The lowest BCUT2D eigenvalue weighted by molar-refractivity contribution is -0.115. The molecule has 0 aromatic heterocycles. The zero-order valence-electron chi connectivity index (χ0n) is 10.3. The predicted octanol–water partition coefficient (Wildman–Crippen LogP) is 2.76. The highest BCUT2D eigenvalue weighted by Crippen LogP contribution is 2.27. The Labute approximate surface area is 102 Å².